The quantitative estimate of drug-likeness (QED) is 0.453. The monoisotopic (exact) mass is 410 g/mol. The molecule has 5 nitrogen and oxygen atoms in total. The topological polar surface area (TPSA) is 68.3 Å². The molecule has 1 heterocycles. The van der Waals surface area contributed by atoms with Crippen LogP contribution >= 0.6 is 0 Å². The molecule has 5 heteroatoms. The number of hydrogen-bond acceptors (Lipinski definition) is 4. The smallest absolute Gasteiger partial charge is 0.339 e. The standard InChI is InChI=1S/C26H22N2O3/c1-17-12-13-22(18(2)14-17)28-25(29)16-31-26(30)21-15-24(19-8-4-3-5-9-19)27-23-11-7-6-10-20(21)23/h3-15H,16H2,1-2H3,(H,28,29). The minimum absolute atomic E-state index is 0.372. The average Bonchev–Trinajstić information content (AvgIpc) is 2.79. The van der Waals surface area contributed by atoms with Gasteiger partial charge in [0.2, 0.25) is 0 Å². The van der Waals surface area contributed by atoms with E-state index in [0.717, 1.165) is 16.7 Å². The van der Waals surface area contributed by atoms with Gasteiger partial charge in [-0.1, -0.05) is 66.2 Å². The first kappa shape index (κ1) is 20.3. The fourth-order valence-electron chi connectivity index (χ4n) is 3.45. The number of ether oxygens (including phenoxy) is 1. The highest BCUT2D eigenvalue weighted by Crippen LogP contribution is 2.25. The number of hydrogen-bond donors (Lipinski definition) is 1. The van der Waals surface area contributed by atoms with Crippen molar-refractivity contribution in [3.63, 3.8) is 0 Å². The molecule has 31 heavy (non-hydrogen) atoms. The highest BCUT2D eigenvalue weighted by atomic mass is 16.5. The lowest BCUT2D eigenvalue weighted by molar-refractivity contribution is -0.119. The van der Waals surface area contributed by atoms with Gasteiger partial charge < -0.3 is 10.1 Å². The van der Waals surface area contributed by atoms with Crippen LogP contribution in [0.2, 0.25) is 0 Å². The molecule has 3 aromatic carbocycles. The Morgan fingerprint density at radius 1 is 0.903 bits per heavy atom. The molecule has 0 saturated heterocycles. The molecule has 0 radical (unpaired) electrons. The Morgan fingerprint density at radius 3 is 2.42 bits per heavy atom. The van der Waals surface area contributed by atoms with Crippen molar-refractivity contribution >= 4 is 28.5 Å². The van der Waals surface area contributed by atoms with E-state index in [1.165, 1.54) is 0 Å². The van der Waals surface area contributed by atoms with Crippen molar-refractivity contribution < 1.29 is 14.3 Å². The van der Waals surface area contributed by atoms with Gasteiger partial charge in [0.25, 0.3) is 5.91 Å². The lowest BCUT2D eigenvalue weighted by Gasteiger charge is -2.11. The molecule has 1 aromatic heterocycles. The molecule has 0 fully saturated rings. The van der Waals surface area contributed by atoms with Crippen LogP contribution in [0.5, 0.6) is 0 Å². The highest BCUT2D eigenvalue weighted by molar-refractivity contribution is 6.05. The Hall–Kier alpha value is -3.99. The number of para-hydroxylation sites is 1. The highest BCUT2D eigenvalue weighted by Gasteiger charge is 2.17. The van der Waals surface area contributed by atoms with E-state index in [-0.39, 0.29) is 12.5 Å². The Labute approximate surface area is 180 Å². The van der Waals surface area contributed by atoms with Crippen LogP contribution in [0.25, 0.3) is 22.2 Å². The molecule has 0 bridgehead atoms. The molecule has 154 valence electrons. The maximum Gasteiger partial charge on any atom is 0.339 e. The fourth-order valence-corrected chi connectivity index (χ4v) is 3.45. The minimum Gasteiger partial charge on any atom is -0.452 e. The molecule has 4 rings (SSSR count). The number of pyridine rings is 1. The number of carbonyl (C=O) groups excluding carboxylic acids is 2. The fraction of sp³-hybridized carbons (Fsp3) is 0.115. The second-order valence-electron chi connectivity index (χ2n) is 7.38. The van der Waals surface area contributed by atoms with Crippen molar-refractivity contribution in [1.29, 1.82) is 0 Å². The molecule has 0 aliphatic rings. The number of aromatic nitrogens is 1. The molecule has 0 saturated carbocycles. The number of nitrogens with one attached hydrogen (secondary N) is 1. The number of nitrogens with zero attached hydrogens (tertiary/aromatic N) is 1. The molecular formula is C26H22N2O3. The van der Waals surface area contributed by atoms with Gasteiger partial charge in [0.05, 0.1) is 16.8 Å². The second-order valence-corrected chi connectivity index (χ2v) is 7.38. The summed E-state index contributed by atoms with van der Waals surface area (Å²) in [5, 5.41) is 3.47. The van der Waals surface area contributed by atoms with Gasteiger partial charge in [-0.2, -0.15) is 0 Å². The van der Waals surface area contributed by atoms with Crippen molar-refractivity contribution in [3.8, 4) is 11.3 Å². The van der Waals surface area contributed by atoms with Gasteiger partial charge in [0, 0.05) is 16.6 Å². The summed E-state index contributed by atoms with van der Waals surface area (Å²) < 4.78 is 5.35. The Kier molecular flexibility index (Phi) is 5.76. The molecule has 1 N–H and O–H groups in total. The summed E-state index contributed by atoms with van der Waals surface area (Å²) in [6.07, 6.45) is 0. The van der Waals surface area contributed by atoms with Crippen LogP contribution in [-0.4, -0.2) is 23.5 Å². The second kappa shape index (κ2) is 8.79. The SMILES string of the molecule is Cc1ccc(NC(=O)COC(=O)c2cc(-c3ccccc3)nc3ccccc23)c(C)c1. The van der Waals surface area contributed by atoms with E-state index in [4.69, 9.17) is 4.74 Å². The first-order valence-electron chi connectivity index (χ1n) is 10.0. The van der Waals surface area contributed by atoms with Gasteiger partial charge in [0.15, 0.2) is 6.61 Å². The van der Waals surface area contributed by atoms with E-state index < -0.39 is 5.97 Å². The van der Waals surface area contributed by atoms with Gasteiger partial charge in [0.1, 0.15) is 0 Å². The van der Waals surface area contributed by atoms with Gasteiger partial charge in [-0.25, -0.2) is 9.78 Å². The van der Waals surface area contributed by atoms with Crippen LogP contribution in [0, 0.1) is 13.8 Å². The number of esters is 1. The van der Waals surface area contributed by atoms with Gasteiger partial charge >= 0.3 is 5.97 Å². The maximum absolute atomic E-state index is 12.9. The number of benzene rings is 3. The lowest BCUT2D eigenvalue weighted by Crippen LogP contribution is -2.21. The predicted octanol–water partition coefficient (Wildman–Crippen LogP) is 5.31. The summed E-state index contributed by atoms with van der Waals surface area (Å²) in [6.45, 7) is 3.54. The van der Waals surface area contributed by atoms with Crippen molar-refractivity contribution in [1.82, 2.24) is 4.98 Å². The number of fused-ring (bicyclic) bond motifs is 1. The van der Waals surface area contributed by atoms with Gasteiger partial charge in [-0.05, 0) is 37.6 Å². The average molecular weight is 410 g/mol. The summed E-state index contributed by atoms with van der Waals surface area (Å²) in [5.74, 6) is -0.950. The zero-order valence-electron chi connectivity index (χ0n) is 17.4. The summed E-state index contributed by atoms with van der Waals surface area (Å²) in [6, 6.07) is 24.5. The van der Waals surface area contributed by atoms with Crippen molar-refractivity contribution in [2.24, 2.45) is 0 Å². The normalized spacial score (nSPS) is 10.6. The summed E-state index contributed by atoms with van der Waals surface area (Å²) in [5.41, 5.74) is 5.40. The molecule has 4 aromatic rings. The summed E-state index contributed by atoms with van der Waals surface area (Å²) in [4.78, 5) is 29.9. The Balaban J connectivity index is 1.55. The lowest BCUT2D eigenvalue weighted by atomic mass is 10.0. The Bertz CT molecular complexity index is 1270. The van der Waals surface area contributed by atoms with Crippen LogP contribution < -0.4 is 5.32 Å². The van der Waals surface area contributed by atoms with Crippen molar-refractivity contribution in [2.75, 3.05) is 11.9 Å². The van der Waals surface area contributed by atoms with E-state index in [2.05, 4.69) is 10.3 Å². The van der Waals surface area contributed by atoms with Crippen LogP contribution in [0.3, 0.4) is 0 Å². The minimum atomic E-state index is -0.563. The third-order valence-electron chi connectivity index (χ3n) is 5.00. The van der Waals surface area contributed by atoms with E-state index >= 15 is 0 Å². The molecule has 0 unspecified atom stereocenters. The van der Waals surface area contributed by atoms with Crippen molar-refractivity contribution in [3.05, 3.63) is 95.6 Å². The number of anilines is 1. The summed E-state index contributed by atoms with van der Waals surface area (Å²) >= 11 is 0. The van der Waals surface area contributed by atoms with Gasteiger partial charge in [-0.3, -0.25) is 4.79 Å². The first-order chi connectivity index (χ1) is 15.0. The van der Waals surface area contributed by atoms with Crippen LogP contribution in [-0.2, 0) is 9.53 Å². The van der Waals surface area contributed by atoms with E-state index in [0.29, 0.717) is 27.8 Å². The third-order valence-corrected chi connectivity index (χ3v) is 5.00. The van der Waals surface area contributed by atoms with E-state index in [1.807, 2.05) is 86.6 Å². The predicted molar refractivity (Wildman–Crippen MR) is 122 cm³/mol. The molecule has 0 aliphatic heterocycles. The maximum atomic E-state index is 12.9. The molecular weight excluding hydrogens is 388 g/mol. The molecule has 0 spiro atoms. The molecule has 1 amide bonds. The zero-order valence-corrected chi connectivity index (χ0v) is 17.4. The van der Waals surface area contributed by atoms with Crippen LogP contribution in [0.1, 0.15) is 21.5 Å². The number of aryl methyl sites for hydroxylation is 2. The van der Waals surface area contributed by atoms with E-state index in [1.54, 1.807) is 6.07 Å². The summed E-state index contributed by atoms with van der Waals surface area (Å²) in [7, 11) is 0. The van der Waals surface area contributed by atoms with Crippen LogP contribution in [0.4, 0.5) is 5.69 Å². The van der Waals surface area contributed by atoms with Gasteiger partial charge in [-0.15, -0.1) is 0 Å². The molecule has 0 aliphatic carbocycles. The molecule has 0 atom stereocenters. The van der Waals surface area contributed by atoms with Crippen LogP contribution in [0.15, 0.2) is 78.9 Å². The largest absolute Gasteiger partial charge is 0.452 e. The number of rotatable bonds is 5. The number of amides is 1. The van der Waals surface area contributed by atoms with E-state index in [9.17, 15) is 9.59 Å². The van der Waals surface area contributed by atoms with Crippen molar-refractivity contribution in [2.45, 2.75) is 13.8 Å². The number of carbonyl (C=O) groups is 2. The third kappa shape index (κ3) is 4.61. The zero-order chi connectivity index (χ0) is 21.8. The first-order valence-corrected chi connectivity index (χ1v) is 10.0. The Morgan fingerprint density at radius 2 is 1.65 bits per heavy atom.